The number of nitrogens with two attached hydrogens (primary N) is 1. The van der Waals surface area contributed by atoms with Crippen molar-refractivity contribution in [1.82, 2.24) is 0 Å². The molecule has 0 amide bonds. The van der Waals surface area contributed by atoms with E-state index in [2.05, 4.69) is 11.2 Å². The minimum atomic E-state index is 0.661. The van der Waals surface area contributed by atoms with Gasteiger partial charge in [-0.15, -0.1) is 0 Å². The van der Waals surface area contributed by atoms with Crippen molar-refractivity contribution in [2.45, 2.75) is 0 Å². The fourth-order valence-electron chi connectivity index (χ4n) is 1.70. The van der Waals surface area contributed by atoms with E-state index in [-0.39, 0.29) is 0 Å². The van der Waals surface area contributed by atoms with E-state index < -0.39 is 0 Å². The summed E-state index contributed by atoms with van der Waals surface area (Å²) in [5, 5.41) is 12.5. The fraction of sp³-hybridized carbons (Fsp3) is 0. The van der Waals surface area contributed by atoms with Crippen LogP contribution in [0.5, 0.6) is 0 Å². The minimum Gasteiger partial charge on any atom is -0.323 e. The Hall–Kier alpha value is -2.60. The molecule has 0 aromatic heterocycles. The van der Waals surface area contributed by atoms with Crippen LogP contribution < -0.4 is 5.84 Å². The molecule has 0 heterocycles. The number of hydrogen-bond acceptors (Lipinski definition) is 3. The number of rotatable bonds is 2. The molecule has 0 saturated carbocycles. The van der Waals surface area contributed by atoms with Crippen molar-refractivity contribution in [2.24, 2.45) is 10.9 Å². The van der Waals surface area contributed by atoms with Gasteiger partial charge in [0.1, 0.15) is 0 Å². The highest BCUT2D eigenvalue weighted by molar-refractivity contribution is 5.83. The molecule has 0 radical (unpaired) electrons. The van der Waals surface area contributed by atoms with Gasteiger partial charge in [-0.3, -0.25) is 0 Å². The van der Waals surface area contributed by atoms with Gasteiger partial charge in [-0.2, -0.15) is 10.4 Å². The molecule has 0 saturated heterocycles. The second-order valence-corrected chi connectivity index (χ2v) is 3.56. The van der Waals surface area contributed by atoms with Gasteiger partial charge in [0.2, 0.25) is 0 Å². The summed E-state index contributed by atoms with van der Waals surface area (Å²) >= 11 is 0. The van der Waals surface area contributed by atoms with Crippen LogP contribution in [0.4, 0.5) is 0 Å². The Morgan fingerprint density at radius 1 is 1.12 bits per heavy atom. The highest BCUT2D eigenvalue weighted by Crippen LogP contribution is 2.23. The largest absolute Gasteiger partial charge is 0.323 e. The molecule has 2 N–H and O–H groups in total. The first kappa shape index (κ1) is 10.9. The van der Waals surface area contributed by atoms with Crippen molar-refractivity contribution >= 4 is 6.21 Å². The maximum atomic E-state index is 9.06. The molecule has 0 spiro atoms. The summed E-state index contributed by atoms with van der Waals surface area (Å²) < 4.78 is 0. The van der Waals surface area contributed by atoms with Crippen LogP contribution in [-0.4, -0.2) is 6.21 Å². The minimum absolute atomic E-state index is 0.661. The summed E-state index contributed by atoms with van der Waals surface area (Å²) in [7, 11) is 0. The van der Waals surface area contributed by atoms with Crippen molar-refractivity contribution < 1.29 is 0 Å². The van der Waals surface area contributed by atoms with E-state index in [1.165, 1.54) is 0 Å². The van der Waals surface area contributed by atoms with Gasteiger partial charge in [-0.1, -0.05) is 36.4 Å². The summed E-state index contributed by atoms with van der Waals surface area (Å²) in [6.07, 6.45) is 1.58. The molecule has 0 aliphatic heterocycles. The lowest BCUT2D eigenvalue weighted by atomic mass is 9.99. The van der Waals surface area contributed by atoms with Crippen LogP contribution in [0.1, 0.15) is 11.1 Å². The van der Waals surface area contributed by atoms with E-state index in [1.54, 1.807) is 12.3 Å². The highest BCUT2D eigenvalue weighted by Gasteiger charge is 2.03. The molecule has 0 atom stereocenters. The predicted molar refractivity (Wildman–Crippen MR) is 68.4 cm³/mol. The predicted octanol–water partition coefficient (Wildman–Crippen LogP) is 2.52. The molecule has 0 aliphatic carbocycles. The van der Waals surface area contributed by atoms with Crippen LogP contribution in [0.3, 0.4) is 0 Å². The van der Waals surface area contributed by atoms with E-state index in [0.29, 0.717) is 5.56 Å². The third-order valence-electron chi connectivity index (χ3n) is 2.47. The zero-order valence-electron chi connectivity index (χ0n) is 9.17. The topological polar surface area (TPSA) is 62.2 Å². The third-order valence-corrected chi connectivity index (χ3v) is 2.47. The highest BCUT2D eigenvalue weighted by atomic mass is 15.1. The SMILES string of the molecule is N#Cc1ccccc1-c1cccc(C=NN)c1. The van der Waals surface area contributed by atoms with E-state index in [1.807, 2.05) is 42.5 Å². The first-order valence-electron chi connectivity index (χ1n) is 5.18. The number of hydrogen-bond donors (Lipinski definition) is 1. The molecule has 0 fully saturated rings. The van der Waals surface area contributed by atoms with Gasteiger partial charge in [-0.05, 0) is 28.8 Å². The lowest BCUT2D eigenvalue weighted by Crippen LogP contribution is -1.88. The van der Waals surface area contributed by atoms with Gasteiger partial charge < -0.3 is 5.84 Å². The van der Waals surface area contributed by atoms with Crippen LogP contribution in [0.2, 0.25) is 0 Å². The van der Waals surface area contributed by atoms with E-state index in [4.69, 9.17) is 11.1 Å². The van der Waals surface area contributed by atoms with Gasteiger partial charge in [0, 0.05) is 0 Å². The van der Waals surface area contributed by atoms with Crippen LogP contribution in [0.15, 0.2) is 53.6 Å². The smallest absolute Gasteiger partial charge is 0.0998 e. The lowest BCUT2D eigenvalue weighted by molar-refractivity contribution is 1.26. The Morgan fingerprint density at radius 2 is 1.94 bits per heavy atom. The first-order chi connectivity index (χ1) is 8.35. The third kappa shape index (κ3) is 2.32. The summed E-state index contributed by atoms with van der Waals surface area (Å²) in [4.78, 5) is 0. The van der Waals surface area contributed by atoms with Gasteiger partial charge in [0.05, 0.1) is 17.8 Å². The van der Waals surface area contributed by atoms with Gasteiger partial charge in [0.25, 0.3) is 0 Å². The van der Waals surface area contributed by atoms with Crippen molar-refractivity contribution in [3.05, 3.63) is 59.7 Å². The Bertz CT molecular complexity index is 594. The number of nitriles is 1. The molecular formula is C14H11N3. The number of hydrazone groups is 1. The summed E-state index contributed by atoms with van der Waals surface area (Å²) in [5.74, 6) is 5.12. The molecule has 3 nitrogen and oxygen atoms in total. The summed E-state index contributed by atoms with van der Waals surface area (Å²) in [5.41, 5.74) is 3.48. The normalized spacial score (nSPS) is 10.3. The Balaban J connectivity index is 2.53. The van der Waals surface area contributed by atoms with Crippen molar-refractivity contribution in [3.63, 3.8) is 0 Å². The molecule has 2 aromatic carbocycles. The maximum Gasteiger partial charge on any atom is 0.0998 e. The standard InChI is InChI=1S/C14H11N3/c15-9-13-5-1-2-7-14(13)12-6-3-4-11(8-12)10-17-16/h1-8,10H,16H2. The van der Waals surface area contributed by atoms with Gasteiger partial charge >= 0.3 is 0 Å². The molecule has 2 aromatic rings. The van der Waals surface area contributed by atoms with Crippen LogP contribution in [-0.2, 0) is 0 Å². The van der Waals surface area contributed by atoms with E-state index in [0.717, 1.165) is 16.7 Å². The van der Waals surface area contributed by atoms with Crippen LogP contribution >= 0.6 is 0 Å². The molecule has 0 bridgehead atoms. The zero-order valence-corrected chi connectivity index (χ0v) is 9.17. The molecule has 82 valence electrons. The van der Waals surface area contributed by atoms with Crippen LogP contribution in [0, 0.1) is 11.3 Å². The Labute approximate surface area is 99.8 Å². The average molecular weight is 221 g/mol. The van der Waals surface area contributed by atoms with Gasteiger partial charge in [-0.25, -0.2) is 0 Å². The second kappa shape index (κ2) is 4.95. The zero-order chi connectivity index (χ0) is 12.1. The van der Waals surface area contributed by atoms with Crippen molar-refractivity contribution in [1.29, 1.82) is 5.26 Å². The van der Waals surface area contributed by atoms with E-state index in [9.17, 15) is 0 Å². The van der Waals surface area contributed by atoms with Crippen molar-refractivity contribution in [3.8, 4) is 17.2 Å². The van der Waals surface area contributed by atoms with Gasteiger partial charge in [0.15, 0.2) is 0 Å². The molecule has 3 heteroatoms. The van der Waals surface area contributed by atoms with Crippen molar-refractivity contribution in [2.75, 3.05) is 0 Å². The number of benzene rings is 2. The Morgan fingerprint density at radius 3 is 2.71 bits per heavy atom. The number of nitrogens with zero attached hydrogens (tertiary/aromatic N) is 2. The quantitative estimate of drug-likeness (QED) is 0.481. The molecule has 17 heavy (non-hydrogen) atoms. The molecule has 2 rings (SSSR count). The van der Waals surface area contributed by atoms with Crippen LogP contribution in [0.25, 0.3) is 11.1 Å². The Kier molecular flexibility index (Phi) is 3.18. The molecular weight excluding hydrogens is 210 g/mol. The molecule has 0 aliphatic rings. The molecule has 0 unspecified atom stereocenters. The van der Waals surface area contributed by atoms with E-state index >= 15 is 0 Å². The second-order valence-electron chi connectivity index (χ2n) is 3.56. The monoisotopic (exact) mass is 221 g/mol. The first-order valence-corrected chi connectivity index (χ1v) is 5.18. The average Bonchev–Trinajstić information content (AvgIpc) is 2.39. The summed E-state index contributed by atoms with van der Waals surface area (Å²) in [6.45, 7) is 0. The summed E-state index contributed by atoms with van der Waals surface area (Å²) in [6, 6.07) is 17.4. The maximum absolute atomic E-state index is 9.06. The fourth-order valence-corrected chi connectivity index (χ4v) is 1.70. The lowest BCUT2D eigenvalue weighted by Gasteiger charge is -2.04.